The minimum Gasteiger partial charge on any atom is -0.463 e. The maximum atomic E-state index is 13.2. The number of allylic oxidation sites excluding steroid dienone is 1. The zero-order valence-corrected chi connectivity index (χ0v) is 17.5. The van der Waals surface area contributed by atoms with E-state index in [2.05, 4.69) is 5.32 Å². The van der Waals surface area contributed by atoms with Crippen molar-refractivity contribution < 1.29 is 19.1 Å². The van der Waals surface area contributed by atoms with Gasteiger partial charge in [0.05, 0.1) is 18.1 Å². The molecular weight excluding hydrogens is 380 g/mol. The van der Waals surface area contributed by atoms with Crippen molar-refractivity contribution >= 4 is 29.2 Å². The van der Waals surface area contributed by atoms with Crippen molar-refractivity contribution in [3.05, 3.63) is 71.4 Å². The van der Waals surface area contributed by atoms with Gasteiger partial charge in [-0.1, -0.05) is 43.3 Å². The van der Waals surface area contributed by atoms with Gasteiger partial charge < -0.3 is 10.1 Å². The predicted molar refractivity (Wildman–Crippen MR) is 116 cm³/mol. The maximum Gasteiger partial charge on any atom is 0.336 e. The van der Waals surface area contributed by atoms with Gasteiger partial charge in [-0.05, 0) is 44.0 Å². The molecule has 6 nitrogen and oxygen atoms in total. The number of esters is 1. The van der Waals surface area contributed by atoms with Crippen LogP contribution in [-0.4, -0.2) is 24.4 Å². The van der Waals surface area contributed by atoms with Crippen LogP contribution < -0.4 is 10.2 Å². The molecule has 1 unspecified atom stereocenters. The van der Waals surface area contributed by atoms with E-state index < -0.39 is 11.9 Å². The molecule has 1 aliphatic rings. The average Bonchev–Trinajstić information content (AvgIpc) is 2.74. The van der Waals surface area contributed by atoms with Crippen LogP contribution >= 0.6 is 0 Å². The normalized spacial score (nSPS) is 16.4. The Bertz CT molecular complexity index is 982. The van der Waals surface area contributed by atoms with E-state index in [1.54, 1.807) is 26.0 Å². The number of aryl methyl sites for hydroxylation is 1. The number of ether oxygens (including phenoxy) is 1. The second-order valence-corrected chi connectivity index (χ2v) is 7.04. The monoisotopic (exact) mass is 406 g/mol. The third-order valence-electron chi connectivity index (χ3n) is 5.18. The summed E-state index contributed by atoms with van der Waals surface area (Å²) in [5.74, 6) is -2.12. The fraction of sp³-hybridized carbons (Fsp3) is 0.292. The molecule has 0 bridgehead atoms. The number of hydrogen-bond acceptors (Lipinski definition) is 4. The molecular formula is C24H26N2O4. The van der Waals surface area contributed by atoms with Gasteiger partial charge >= 0.3 is 5.97 Å². The molecule has 0 radical (unpaired) electrons. The van der Waals surface area contributed by atoms with E-state index in [4.69, 9.17) is 4.74 Å². The first-order valence-electron chi connectivity index (χ1n) is 10.1. The molecule has 1 N–H and O–H groups in total. The largest absolute Gasteiger partial charge is 0.463 e. The smallest absolute Gasteiger partial charge is 0.336 e. The maximum absolute atomic E-state index is 13.2. The third kappa shape index (κ3) is 4.27. The van der Waals surface area contributed by atoms with Gasteiger partial charge in [0.2, 0.25) is 11.8 Å². The summed E-state index contributed by atoms with van der Waals surface area (Å²) < 4.78 is 5.23. The first-order valence-corrected chi connectivity index (χ1v) is 10.1. The highest BCUT2D eigenvalue weighted by Gasteiger charge is 2.40. The second kappa shape index (κ2) is 9.39. The highest BCUT2D eigenvalue weighted by molar-refractivity contribution is 6.10. The molecule has 1 atom stereocenters. The van der Waals surface area contributed by atoms with Gasteiger partial charge in [-0.15, -0.1) is 0 Å². The lowest BCUT2D eigenvalue weighted by Gasteiger charge is -2.33. The Labute approximate surface area is 176 Å². The number of carbonyl (C=O) groups is 3. The van der Waals surface area contributed by atoms with Gasteiger partial charge in [0.15, 0.2) is 0 Å². The van der Waals surface area contributed by atoms with Crippen LogP contribution in [0, 0.1) is 5.92 Å². The molecule has 2 aromatic carbocycles. The molecule has 2 aromatic rings. The number of benzene rings is 2. The van der Waals surface area contributed by atoms with Crippen molar-refractivity contribution in [2.45, 2.75) is 33.6 Å². The van der Waals surface area contributed by atoms with Crippen LogP contribution in [0.5, 0.6) is 0 Å². The molecule has 0 fully saturated rings. The molecule has 0 saturated heterocycles. The molecule has 30 heavy (non-hydrogen) atoms. The lowest BCUT2D eigenvalue weighted by Crippen LogP contribution is -2.43. The van der Waals surface area contributed by atoms with E-state index in [0.717, 1.165) is 12.0 Å². The average molecular weight is 406 g/mol. The Kier molecular flexibility index (Phi) is 6.67. The lowest BCUT2D eigenvalue weighted by atomic mass is 9.88. The molecule has 1 heterocycles. The van der Waals surface area contributed by atoms with Gasteiger partial charge in [-0.25, -0.2) is 4.79 Å². The molecule has 2 amide bonds. The quantitative estimate of drug-likeness (QED) is 0.734. The standard InChI is InChI=1S/C24H26N2O4/c1-4-17-11-9-10-14-20(17)25-23(28)19-15-21(27)26(18-12-7-6-8-13-18)16(3)22(19)24(29)30-5-2/h6-14,19H,4-5,15H2,1-3H3,(H,25,28). The minimum atomic E-state index is -0.915. The van der Waals surface area contributed by atoms with Crippen molar-refractivity contribution in [2.24, 2.45) is 5.92 Å². The Morgan fingerprint density at radius 2 is 1.73 bits per heavy atom. The lowest BCUT2D eigenvalue weighted by molar-refractivity contribution is -0.141. The topological polar surface area (TPSA) is 75.7 Å². The number of nitrogens with one attached hydrogen (secondary N) is 1. The minimum absolute atomic E-state index is 0.111. The number of carbonyl (C=O) groups excluding carboxylic acids is 3. The van der Waals surface area contributed by atoms with Crippen molar-refractivity contribution in [3.8, 4) is 0 Å². The van der Waals surface area contributed by atoms with Crippen LogP contribution in [0.15, 0.2) is 65.9 Å². The van der Waals surface area contributed by atoms with Crippen LogP contribution in [0.3, 0.4) is 0 Å². The molecule has 6 heteroatoms. The number of hydrogen-bond donors (Lipinski definition) is 1. The van der Waals surface area contributed by atoms with Crippen molar-refractivity contribution in [1.82, 2.24) is 0 Å². The van der Waals surface area contributed by atoms with E-state index in [1.165, 1.54) is 4.90 Å². The van der Waals surface area contributed by atoms with Gasteiger partial charge in [0.1, 0.15) is 0 Å². The van der Waals surface area contributed by atoms with Crippen LogP contribution in [0.2, 0.25) is 0 Å². The van der Waals surface area contributed by atoms with E-state index in [9.17, 15) is 14.4 Å². The van der Waals surface area contributed by atoms with E-state index >= 15 is 0 Å². The van der Waals surface area contributed by atoms with Gasteiger partial charge in [0.25, 0.3) is 0 Å². The summed E-state index contributed by atoms with van der Waals surface area (Å²) in [7, 11) is 0. The Morgan fingerprint density at radius 3 is 2.40 bits per heavy atom. The molecule has 0 spiro atoms. The fourth-order valence-corrected chi connectivity index (χ4v) is 3.74. The second-order valence-electron chi connectivity index (χ2n) is 7.04. The van der Waals surface area contributed by atoms with E-state index in [0.29, 0.717) is 17.1 Å². The number of para-hydroxylation sites is 2. The summed E-state index contributed by atoms with van der Waals surface area (Å²) in [6, 6.07) is 16.6. The summed E-state index contributed by atoms with van der Waals surface area (Å²) in [6.45, 7) is 5.57. The first kappa shape index (κ1) is 21.3. The van der Waals surface area contributed by atoms with E-state index in [-0.39, 0.29) is 30.4 Å². The molecule has 0 saturated carbocycles. The summed E-state index contributed by atoms with van der Waals surface area (Å²) in [6.07, 6.45) is 0.641. The van der Waals surface area contributed by atoms with Crippen LogP contribution in [0.4, 0.5) is 11.4 Å². The summed E-state index contributed by atoms with van der Waals surface area (Å²) in [5, 5.41) is 2.90. The van der Waals surface area contributed by atoms with Crippen LogP contribution in [-0.2, 0) is 25.5 Å². The molecule has 0 aliphatic carbocycles. The highest BCUT2D eigenvalue weighted by atomic mass is 16.5. The molecule has 156 valence electrons. The Hall–Kier alpha value is -3.41. The van der Waals surface area contributed by atoms with Gasteiger partial charge in [-0.3, -0.25) is 14.5 Å². The van der Waals surface area contributed by atoms with Crippen molar-refractivity contribution in [2.75, 3.05) is 16.8 Å². The zero-order chi connectivity index (χ0) is 21.7. The summed E-state index contributed by atoms with van der Waals surface area (Å²) >= 11 is 0. The Morgan fingerprint density at radius 1 is 1.07 bits per heavy atom. The predicted octanol–water partition coefficient (Wildman–Crippen LogP) is 4.08. The summed E-state index contributed by atoms with van der Waals surface area (Å²) in [4.78, 5) is 40.4. The van der Waals surface area contributed by atoms with E-state index in [1.807, 2.05) is 49.4 Å². The fourth-order valence-electron chi connectivity index (χ4n) is 3.74. The van der Waals surface area contributed by atoms with Crippen LogP contribution in [0.25, 0.3) is 0 Å². The van der Waals surface area contributed by atoms with Crippen molar-refractivity contribution in [3.63, 3.8) is 0 Å². The van der Waals surface area contributed by atoms with Crippen molar-refractivity contribution in [1.29, 1.82) is 0 Å². The van der Waals surface area contributed by atoms with Gasteiger partial charge in [-0.2, -0.15) is 0 Å². The van der Waals surface area contributed by atoms with Gasteiger partial charge in [0, 0.05) is 23.5 Å². The molecule has 0 aromatic heterocycles. The number of rotatable bonds is 6. The third-order valence-corrected chi connectivity index (χ3v) is 5.18. The zero-order valence-electron chi connectivity index (χ0n) is 17.5. The highest BCUT2D eigenvalue weighted by Crippen LogP contribution is 2.34. The summed E-state index contributed by atoms with van der Waals surface area (Å²) in [5.41, 5.74) is 2.95. The number of nitrogens with zero attached hydrogens (tertiary/aromatic N) is 1. The molecule has 3 rings (SSSR count). The molecule has 1 aliphatic heterocycles. The number of anilines is 2. The Balaban J connectivity index is 2.00. The number of amides is 2. The van der Waals surface area contributed by atoms with Crippen LogP contribution in [0.1, 0.15) is 32.8 Å². The SMILES string of the molecule is CCOC(=O)C1=C(C)N(c2ccccc2)C(=O)CC1C(=O)Nc1ccccc1CC. The first-order chi connectivity index (χ1) is 14.5.